The van der Waals surface area contributed by atoms with Gasteiger partial charge in [0.2, 0.25) is 5.88 Å². The lowest BCUT2D eigenvalue weighted by molar-refractivity contribution is 0.102. The number of nitrogens with one attached hydrogen (secondary N) is 1. The standard InChI is InChI=1S/C20H24N6O2S/c1-11(2)28-18-8-17(21-10-22-18)26-13(4)14(9-23-26)19(27)25-20-24-15-6-5-12(3)7-16(15)29-20/h8-12H,5-7H2,1-4H3,(H,24,25,27). The third-order valence-corrected chi connectivity index (χ3v) is 5.90. The van der Waals surface area contributed by atoms with E-state index >= 15 is 0 Å². The summed E-state index contributed by atoms with van der Waals surface area (Å²) in [4.78, 5) is 27.1. The molecule has 0 radical (unpaired) electrons. The number of hydrogen-bond acceptors (Lipinski definition) is 7. The van der Waals surface area contributed by atoms with Gasteiger partial charge in [-0.3, -0.25) is 10.1 Å². The average molecular weight is 413 g/mol. The molecule has 8 nitrogen and oxygen atoms in total. The SMILES string of the molecule is Cc1c(C(=O)Nc2nc3c(s2)CC(C)CC3)cnn1-c1cc(OC(C)C)ncn1. The first kappa shape index (κ1) is 19.5. The van der Waals surface area contributed by atoms with Gasteiger partial charge in [-0.15, -0.1) is 11.3 Å². The molecule has 1 unspecified atom stereocenters. The highest BCUT2D eigenvalue weighted by Gasteiger charge is 2.22. The van der Waals surface area contributed by atoms with E-state index in [1.165, 1.54) is 11.2 Å². The van der Waals surface area contributed by atoms with Gasteiger partial charge in [0.05, 0.1) is 29.3 Å². The van der Waals surface area contributed by atoms with Gasteiger partial charge in [0.15, 0.2) is 10.9 Å². The molecule has 0 aromatic carbocycles. The number of carbonyl (C=O) groups is 1. The number of hydrogen-bond donors (Lipinski definition) is 1. The van der Waals surface area contributed by atoms with Crippen LogP contribution in [0.1, 0.15) is 53.8 Å². The molecular formula is C20H24N6O2S. The molecule has 3 aromatic rings. The van der Waals surface area contributed by atoms with Gasteiger partial charge >= 0.3 is 0 Å². The van der Waals surface area contributed by atoms with Crippen LogP contribution >= 0.6 is 11.3 Å². The second-order valence-corrected chi connectivity index (χ2v) is 8.71. The molecule has 4 rings (SSSR count). The van der Waals surface area contributed by atoms with Crippen molar-refractivity contribution < 1.29 is 9.53 Å². The number of thiazole rings is 1. The Morgan fingerprint density at radius 1 is 1.38 bits per heavy atom. The maximum absolute atomic E-state index is 12.8. The van der Waals surface area contributed by atoms with Gasteiger partial charge < -0.3 is 4.74 Å². The molecule has 1 N–H and O–H groups in total. The molecule has 0 saturated carbocycles. The van der Waals surface area contributed by atoms with Crippen molar-refractivity contribution in [3.63, 3.8) is 0 Å². The quantitative estimate of drug-likeness (QED) is 0.688. The Balaban J connectivity index is 1.53. The van der Waals surface area contributed by atoms with E-state index in [-0.39, 0.29) is 12.0 Å². The highest BCUT2D eigenvalue weighted by Crippen LogP contribution is 2.32. The molecule has 29 heavy (non-hydrogen) atoms. The van der Waals surface area contributed by atoms with Crippen molar-refractivity contribution in [3.8, 4) is 11.7 Å². The van der Waals surface area contributed by atoms with Gasteiger partial charge in [-0.25, -0.2) is 19.6 Å². The summed E-state index contributed by atoms with van der Waals surface area (Å²) in [6.07, 6.45) is 6.14. The Bertz CT molecular complexity index is 1040. The van der Waals surface area contributed by atoms with E-state index in [0.717, 1.165) is 25.0 Å². The molecule has 0 saturated heterocycles. The minimum Gasteiger partial charge on any atom is -0.475 e. The van der Waals surface area contributed by atoms with Crippen LogP contribution in [0.15, 0.2) is 18.6 Å². The minimum atomic E-state index is -0.222. The summed E-state index contributed by atoms with van der Waals surface area (Å²) in [6, 6.07) is 1.71. The van der Waals surface area contributed by atoms with Crippen molar-refractivity contribution in [2.24, 2.45) is 5.92 Å². The summed E-state index contributed by atoms with van der Waals surface area (Å²) in [6.45, 7) is 7.95. The normalized spacial score (nSPS) is 16.0. The molecule has 0 aliphatic heterocycles. The van der Waals surface area contributed by atoms with E-state index in [2.05, 4.69) is 32.3 Å². The summed E-state index contributed by atoms with van der Waals surface area (Å²) in [7, 11) is 0. The van der Waals surface area contributed by atoms with Crippen LogP contribution in [-0.2, 0) is 12.8 Å². The molecule has 152 valence electrons. The fourth-order valence-corrected chi connectivity index (χ4v) is 4.54. The number of nitrogens with zero attached hydrogens (tertiary/aromatic N) is 5. The smallest absolute Gasteiger partial charge is 0.260 e. The summed E-state index contributed by atoms with van der Waals surface area (Å²) >= 11 is 1.57. The van der Waals surface area contributed by atoms with E-state index in [4.69, 9.17) is 4.74 Å². The molecule has 1 aliphatic rings. The fourth-order valence-electron chi connectivity index (χ4n) is 3.37. The molecule has 0 spiro atoms. The Kier molecular flexibility index (Phi) is 5.31. The lowest BCUT2D eigenvalue weighted by Gasteiger charge is -2.15. The monoisotopic (exact) mass is 412 g/mol. The Morgan fingerprint density at radius 2 is 2.21 bits per heavy atom. The van der Waals surface area contributed by atoms with Crippen molar-refractivity contribution in [1.29, 1.82) is 0 Å². The van der Waals surface area contributed by atoms with Crippen LogP contribution in [-0.4, -0.2) is 36.7 Å². The van der Waals surface area contributed by atoms with Crippen LogP contribution < -0.4 is 10.1 Å². The number of fused-ring (bicyclic) bond motifs is 1. The summed E-state index contributed by atoms with van der Waals surface area (Å²) in [5.41, 5.74) is 2.29. The lowest BCUT2D eigenvalue weighted by atomic mass is 9.93. The first-order valence-corrected chi connectivity index (χ1v) is 10.6. The average Bonchev–Trinajstić information content (AvgIpc) is 3.23. The number of carbonyl (C=O) groups excluding carboxylic acids is 1. The van der Waals surface area contributed by atoms with Crippen LogP contribution in [0.3, 0.4) is 0 Å². The highest BCUT2D eigenvalue weighted by molar-refractivity contribution is 7.15. The zero-order valence-corrected chi connectivity index (χ0v) is 17.8. The number of aryl methyl sites for hydroxylation is 1. The van der Waals surface area contributed by atoms with Crippen LogP contribution in [0.25, 0.3) is 5.82 Å². The lowest BCUT2D eigenvalue weighted by Crippen LogP contribution is -2.13. The van der Waals surface area contributed by atoms with Crippen molar-refractivity contribution in [1.82, 2.24) is 24.7 Å². The first-order chi connectivity index (χ1) is 13.9. The molecule has 3 heterocycles. The zero-order valence-electron chi connectivity index (χ0n) is 17.0. The Morgan fingerprint density at radius 3 is 3.00 bits per heavy atom. The van der Waals surface area contributed by atoms with Crippen LogP contribution in [0.2, 0.25) is 0 Å². The summed E-state index contributed by atoms with van der Waals surface area (Å²) < 4.78 is 7.23. The van der Waals surface area contributed by atoms with Crippen LogP contribution in [0.4, 0.5) is 5.13 Å². The highest BCUT2D eigenvalue weighted by atomic mass is 32.1. The molecule has 0 fully saturated rings. The predicted octanol–water partition coefficient (Wildman–Crippen LogP) is 3.59. The number of amides is 1. The van der Waals surface area contributed by atoms with Gasteiger partial charge in [-0.1, -0.05) is 6.92 Å². The predicted molar refractivity (Wildman–Crippen MR) is 111 cm³/mol. The summed E-state index contributed by atoms with van der Waals surface area (Å²) in [5.74, 6) is 1.46. The maximum atomic E-state index is 12.8. The van der Waals surface area contributed by atoms with Crippen molar-refractivity contribution in [2.75, 3.05) is 5.32 Å². The molecule has 1 atom stereocenters. The maximum Gasteiger partial charge on any atom is 0.260 e. The molecule has 1 amide bonds. The second kappa shape index (κ2) is 7.90. The van der Waals surface area contributed by atoms with Crippen molar-refractivity contribution in [3.05, 3.63) is 40.4 Å². The van der Waals surface area contributed by atoms with Gasteiger partial charge in [0.25, 0.3) is 5.91 Å². The number of ether oxygens (including phenoxy) is 1. The number of rotatable bonds is 5. The molecule has 0 bridgehead atoms. The van der Waals surface area contributed by atoms with E-state index in [9.17, 15) is 4.79 Å². The Hall–Kier alpha value is -2.81. The van der Waals surface area contributed by atoms with E-state index in [0.29, 0.717) is 34.0 Å². The minimum absolute atomic E-state index is 0.00455. The largest absolute Gasteiger partial charge is 0.475 e. The van der Waals surface area contributed by atoms with E-state index in [1.807, 2.05) is 20.8 Å². The molecule has 9 heteroatoms. The third-order valence-electron chi connectivity index (χ3n) is 4.86. The van der Waals surface area contributed by atoms with Crippen LogP contribution in [0, 0.1) is 12.8 Å². The van der Waals surface area contributed by atoms with Crippen LogP contribution in [0.5, 0.6) is 5.88 Å². The zero-order chi connectivity index (χ0) is 20.5. The third kappa shape index (κ3) is 4.14. The van der Waals surface area contributed by atoms with Gasteiger partial charge in [0, 0.05) is 10.9 Å². The first-order valence-electron chi connectivity index (χ1n) is 9.74. The van der Waals surface area contributed by atoms with E-state index in [1.54, 1.807) is 28.3 Å². The fraction of sp³-hybridized carbons (Fsp3) is 0.450. The van der Waals surface area contributed by atoms with Crippen molar-refractivity contribution >= 4 is 22.4 Å². The molecular weight excluding hydrogens is 388 g/mol. The summed E-state index contributed by atoms with van der Waals surface area (Å²) in [5, 5.41) is 7.92. The van der Waals surface area contributed by atoms with Gasteiger partial charge in [0.1, 0.15) is 6.33 Å². The Labute approximate surface area is 173 Å². The van der Waals surface area contributed by atoms with Crippen molar-refractivity contribution in [2.45, 2.75) is 53.1 Å². The van der Waals surface area contributed by atoms with Gasteiger partial charge in [-0.2, -0.15) is 5.10 Å². The van der Waals surface area contributed by atoms with Gasteiger partial charge in [-0.05, 0) is 46.0 Å². The topological polar surface area (TPSA) is 94.8 Å². The molecule has 3 aromatic heterocycles. The number of anilines is 1. The molecule has 1 aliphatic carbocycles. The number of aromatic nitrogens is 5. The van der Waals surface area contributed by atoms with E-state index < -0.39 is 0 Å². The second-order valence-electron chi connectivity index (χ2n) is 7.63.